The molecule has 1 aliphatic heterocycles. The Hall–Kier alpha value is -2.04. The number of benzene rings is 1. The first kappa shape index (κ1) is 10.5. The SMILES string of the molecule is C[C@H]1Oc2ccccc2N(CC(=O)O)C1=O. The molecule has 0 fully saturated rings. The maximum absolute atomic E-state index is 11.8. The predicted octanol–water partition coefficient (Wildman–Crippen LogP) is 0.885. The number of carbonyl (C=O) groups is 2. The average Bonchev–Trinajstić information content (AvgIpc) is 2.24. The first-order valence-corrected chi connectivity index (χ1v) is 4.88. The Morgan fingerprint density at radius 2 is 2.19 bits per heavy atom. The van der Waals surface area contributed by atoms with Gasteiger partial charge in [0.1, 0.15) is 12.3 Å². The van der Waals surface area contributed by atoms with E-state index in [2.05, 4.69) is 0 Å². The molecule has 1 aromatic carbocycles. The van der Waals surface area contributed by atoms with Crippen molar-refractivity contribution in [2.75, 3.05) is 11.4 Å². The fourth-order valence-electron chi connectivity index (χ4n) is 1.66. The van der Waals surface area contributed by atoms with E-state index in [9.17, 15) is 9.59 Å². The number of rotatable bonds is 2. The molecule has 1 amide bonds. The molecular weight excluding hydrogens is 210 g/mol. The van der Waals surface area contributed by atoms with Crippen molar-refractivity contribution in [3.63, 3.8) is 0 Å². The van der Waals surface area contributed by atoms with E-state index in [-0.39, 0.29) is 12.5 Å². The minimum atomic E-state index is -1.04. The Labute approximate surface area is 92.2 Å². The van der Waals surface area contributed by atoms with Crippen molar-refractivity contribution in [2.24, 2.45) is 0 Å². The molecule has 0 aromatic heterocycles. The fourth-order valence-corrected chi connectivity index (χ4v) is 1.66. The summed E-state index contributed by atoms with van der Waals surface area (Å²) in [5.41, 5.74) is 0.507. The molecule has 0 saturated heterocycles. The number of hydrogen-bond acceptors (Lipinski definition) is 3. The Morgan fingerprint density at radius 3 is 2.88 bits per heavy atom. The van der Waals surface area contributed by atoms with Gasteiger partial charge in [-0.05, 0) is 19.1 Å². The lowest BCUT2D eigenvalue weighted by molar-refractivity contribution is -0.137. The summed E-state index contributed by atoms with van der Waals surface area (Å²) in [6.07, 6.45) is -0.644. The summed E-state index contributed by atoms with van der Waals surface area (Å²) in [6, 6.07) is 6.90. The Balaban J connectivity index is 2.41. The molecule has 1 aromatic rings. The van der Waals surface area contributed by atoms with Crippen molar-refractivity contribution in [2.45, 2.75) is 13.0 Å². The summed E-state index contributed by atoms with van der Waals surface area (Å²) < 4.78 is 5.37. The minimum Gasteiger partial charge on any atom is -0.480 e. The lowest BCUT2D eigenvalue weighted by Crippen LogP contribution is -2.46. The zero-order valence-corrected chi connectivity index (χ0v) is 8.71. The molecule has 0 unspecified atom stereocenters. The van der Waals surface area contributed by atoms with E-state index in [1.54, 1.807) is 31.2 Å². The Kier molecular flexibility index (Phi) is 2.52. The van der Waals surface area contributed by atoms with Gasteiger partial charge in [-0.15, -0.1) is 0 Å². The summed E-state index contributed by atoms with van der Waals surface area (Å²) in [5, 5.41) is 8.76. The van der Waals surface area contributed by atoms with Crippen LogP contribution in [0.5, 0.6) is 5.75 Å². The van der Waals surface area contributed by atoms with Gasteiger partial charge in [0, 0.05) is 0 Å². The standard InChI is InChI=1S/C11H11NO4/c1-7-11(15)12(6-10(13)14)8-4-2-3-5-9(8)16-7/h2-5,7H,6H2,1H3,(H,13,14)/t7-/m1/s1. The topological polar surface area (TPSA) is 66.8 Å². The highest BCUT2D eigenvalue weighted by Crippen LogP contribution is 2.33. The molecule has 2 rings (SSSR count). The Bertz CT molecular complexity index is 443. The zero-order valence-electron chi connectivity index (χ0n) is 8.71. The first-order chi connectivity index (χ1) is 7.59. The normalized spacial score (nSPS) is 18.9. The van der Waals surface area contributed by atoms with Crippen LogP contribution in [0.3, 0.4) is 0 Å². The van der Waals surface area contributed by atoms with Gasteiger partial charge in [0.05, 0.1) is 5.69 Å². The van der Waals surface area contributed by atoms with Gasteiger partial charge in [-0.3, -0.25) is 14.5 Å². The van der Waals surface area contributed by atoms with Gasteiger partial charge >= 0.3 is 5.97 Å². The van der Waals surface area contributed by atoms with Gasteiger partial charge in [0.2, 0.25) is 0 Å². The second-order valence-electron chi connectivity index (χ2n) is 3.55. The number of hydrogen-bond donors (Lipinski definition) is 1. The molecule has 0 radical (unpaired) electrons. The molecule has 84 valence electrons. The van der Waals surface area contributed by atoms with Gasteiger partial charge in [0.15, 0.2) is 6.10 Å². The summed E-state index contributed by atoms with van der Waals surface area (Å²) in [5.74, 6) is -0.839. The molecule has 1 atom stereocenters. The Morgan fingerprint density at radius 1 is 1.50 bits per heavy atom. The number of para-hydroxylation sites is 2. The molecule has 5 heteroatoms. The molecule has 5 nitrogen and oxygen atoms in total. The van der Waals surface area contributed by atoms with Crippen LogP contribution >= 0.6 is 0 Å². The van der Waals surface area contributed by atoms with Gasteiger partial charge in [-0.2, -0.15) is 0 Å². The molecule has 16 heavy (non-hydrogen) atoms. The van der Waals surface area contributed by atoms with E-state index in [1.807, 2.05) is 0 Å². The van der Waals surface area contributed by atoms with E-state index in [0.29, 0.717) is 11.4 Å². The van der Waals surface area contributed by atoms with Gasteiger partial charge in [-0.25, -0.2) is 0 Å². The van der Waals surface area contributed by atoms with Crippen LogP contribution in [0.25, 0.3) is 0 Å². The molecule has 0 aliphatic carbocycles. The number of ether oxygens (including phenoxy) is 1. The molecule has 0 saturated carbocycles. The smallest absolute Gasteiger partial charge is 0.323 e. The van der Waals surface area contributed by atoms with E-state index < -0.39 is 12.1 Å². The number of aliphatic carboxylic acids is 1. The third-order valence-corrected chi connectivity index (χ3v) is 2.37. The van der Waals surface area contributed by atoms with Crippen molar-refractivity contribution < 1.29 is 19.4 Å². The fraction of sp³-hybridized carbons (Fsp3) is 0.273. The number of carboxylic acid groups (broad SMARTS) is 1. The van der Waals surface area contributed by atoms with Crippen LogP contribution in [0.2, 0.25) is 0 Å². The van der Waals surface area contributed by atoms with Crippen LogP contribution < -0.4 is 9.64 Å². The number of anilines is 1. The van der Waals surface area contributed by atoms with E-state index in [4.69, 9.17) is 9.84 Å². The number of carbonyl (C=O) groups excluding carboxylic acids is 1. The highest BCUT2D eigenvalue weighted by molar-refractivity contribution is 6.02. The maximum atomic E-state index is 11.8. The lowest BCUT2D eigenvalue weighted by Gasteiger charge is -2.31. The number of nitrogens with zero attached hydrogens (tertiary/aromatic N) is 1. The molecule has 1 aliphatic rings. The highest BCUT2D eigenvalue weighted by Gasteiger charge is 2.32. The number of amides is 1. The molecule has 1 N–H and O–H groups in total. The predicted molar refractivity (Wildman–Crippen MR) is 56.5 cm³/mol. The van der Waals surface area contributed by atoms with Crippen molar-refractivity contribution in [3.8, 4) is 5.75 Å². The number of carboxylic acids is 1. The quantitative estimate of drug-likeness (QED) is 0.805. The zero-order chi connectivity index (χ0) is 11.7. The van der Waals surface area contributed by atoms with Crippen LogP contribution in [-0.2, 0) is 9.59 Å². The average molecular weight is 221 g/mol. The highest BCUT2D eigenvalue weighted by atomic mass is 16.5. The van der Waals surface area contributed by atoms with Crippen LogP contribution in [0.1, 0.15) is 6.92 Å². The largest absolute Gasteiger partial charge is 0.480 e. The van der Waals surface area contributed by atoms with Crippen LogP contribution in [-0.4, -0.2) is 29.6 Å². The third kappa shape index (κ3) is 1.71. The van der Waals surface area contributed by atoms with Crippen molar-refractivity contribution in [1.82, 2.24) is 0 Å². The van der Waals surface area contributed by atoms with Gasteiger partial charge in [0.25, 0.3) is 5.91 Å². The third-order valence-electron chi connectivity index (χ3n) is 2.37. The van der Waals surface area contributed by atoms with Crippen LogP contribution in [0.4, 0.5) is 5.69 Å². The second-order valence-corrected chi connectivity index (χ2v) is 3.55. The van der Waals surface area contributed by atoms with Crippen LogP contribution in [0, 0.1) is 0 Å². The summed E-state index contributed by atoms with van der Waals surface area (Å²) >= 11 is 0. The van der Waals surface area contributed by atoms with Crippen LogP contribution in [0.15, 0.2) is 24.3 Å². The molecular formula is C11H11NO4. The summed E-state index contributed by atoms with van der Waals surface area (Å²) in [7, 11) is 0. The molecule has 0 bridgehead atoms. The maximum Gasteiger partial charge on any atom is 0.323 e. The van der Waals surface area contributed by atoms with E-state index in [1.165, 1.54) is 4.90 Å². The van der Waals surface area contributed by atoms with Gasteiger partial charge < -0.3 is 9.84 Å². The van der Waals surface area contributed by atoms with Crippen molar-refractivity contribution in [1.29, 1.82) is 0 Å². The minimum absolute atomic E-state index is 0.332. The number of fused-ring (bicyclic) bond motifs is 1. The van der Waals surface area contributed by atoms with Crippen molar-refractivity contribution >= 4 is 17.6 Å². The monoisotopic (exact) mass is 221 g/mol. The van der Waals surface area contributed by atoms with E-state index >= 15 is 0 Å². The summed E-state index contributed by atoms with van der Waals surface area (Å²) in [4.78, 5) is 23.7. The molecule has 1 heterocycles. The lowest BCUT2D eigenvalue weighted by atomic mass is 10.2. The second kappa shape index (κ2) is 3.84. The first-order valence-electron chi connectivity index (χ1n) is 4.88. The van der Waals surface area contributed by atoms with E-state index in [0.717, 1.165) is 0 Å². The molecule has 0 spiro atoms. The van der Waals surface area contributed by atoms with Crippen molar-refractivity contribution in [3.05, 3.63) is 24.3 Å². The van der Waals surface area contributed by atoms with Gasteiger partial charge in [-0.1, -0.05) is 12.1 Å². The summed E-state index contributed by atoms with van der Waals surface area (Å²) in [6.45, 7) is 1.26.